The molecule has 0 radical (unpaired) electrons. The Labute approximate surface area is 210 Å². The third kappa shape index (κ3) is 5.50. The SMILES string of the molecule is CCN1CCCc2cc(CN(C3CCCC3)S(=O)(=O)c3ccc(NS(=O)(=O)C(F)(F)F)cc3)ccc21. The first-order valence-corrected chi connectivity index (χ1v) is 14.9. The van der Waals surface area contributed by atoms with E-state index in [4.69, 9.17) is 0 Å². The summed E-state index contributed by atoms with van der Waals surface area (Å²) in [5.41, 5.74) is -2.57. The molecule has 2 aromatic carbocycles. The maximum Gasteiger partial charge on any atom is 0.516 e. The number of halogens is 3. The van der Waals surface area contributed by atoms with Crippen molar-refractivity contribution in [3.63, 3.8) is 0 Å². The lowest BCUT2D eigenvalue weighted by Gasteiger charge is -2.32. The van der Waals surface area contributed by atoms with Crippen LogP contribution in [0.1, 0.15) is 50.2 Å². The van der Waals surface area contributed by atoms with E-state index in [1.54, 1.807) is 0 Å². The van der Waals surface area contributed by atoms with Crippen LogP contribution in [0.3, 0.4) is 0 Å². The Balaban J connectivity index is 1.60. The number of nitrogens with zero attached hydrogens (tertiary/aromatic N) is 2. The predicted molar refractivity (Wildman–Crippen MR) is 133 cm³/mol. The molecule has 1 aliphatic heterocycles. The molecule has 2 aromatic rings. The Hall–Kier alpha value is -2.31. The average molecular weight is 546 g/mol. The number of rotatable bonds is 8. The van der Waals surface area contributed by atoms with Crippen molar-refractivity contribution in [1.29, 1.82) is 0 Å². The molecule has 1 aliphatic carbocycles. The zero-order chi connectivity index (χ0) is 26.1. The molecule has 0 unspecified atom stereocenters. The number of aryl methyl sites for hydroxylation is 1. The lowest BCUT2D eigenvalue weighted by molar-refractivity contribution is -0.0429. The second-order valence-electron chi connectivity index (χ2n) is 9.21. The standard InChI is InChI=1S/C24H30F3N3O4S2/c1-2-29-15-5-6-19-16-18(9-14-23(19)29)17-30(21-7-3-4-8-21)35(31,32)22-12-10-20(11-13-22)28-36(33,34)24(25,26)27/h9-14,16,21,28H,2-8,15,17H2,1H3. The van der Waals surface area contributed by atoms with Crippen molar-refractivity contribution < 1.29 is 30.0 Å². The van der Waals surface area contributed by atoms with Gasteiger partial charge in [0.15, 0.2) is 0 Å². The number of hydrogen-bond acceptors (Lipinski definition) is 5. The Morgan fingerprint density at radius 2 is 1.67 bits per heavy atom. The topological polar surface area (TPSA) is 86.8 Å². The van der Waals surface area contributed by atoms with E-state index in [0.29, 0.717) is 0 Å². The fraction of sp³-hybridized carbons (Fsp3) is 0.500. The van der Waals surface area contributed by atoms with Gasteiger partial charge in [-0.3, -0.25) is 4.72 Å². The molecule has 1 saturated carbocycles. The van der Waals surface area contributed by atoms with Gasteiger partial charge in [-0.15, -0.1) is 0 Å². The van der Waals surface area contributed by atoms with E-state index in [1.807, 2.05) is 12.1 Å². The maximum absolute atomic E-state index is 13.7. The number of fused-ring (bicyclic) bond motifs is 1. The van der Waals surface area contributed by atoms with Crippen LogP contribution in [-0.4, -0.2) is 45.8 Å². The van der Waals surface area contributed by atoms with Gasteiger partial charge in [0, 0.05) is 37.1 Å². The minimum Gasteiger partial charge on any atom is -0.372 e. The normalized spacial score (nSPS) is 17.4. The quantitative estimate of drug-likeness (QED) is 0.512. The van der Waals surface area contributed by atoms with E-state index in [-0.39, 0.29) is 23.2 Å². The number of sulfonamides is 2. The highest BCUT2D eigenvalue weighted by Crippen LogP contribution is 2.33. The molecule has 12 heteroatoms. The van der Waals surface area contributed by atoms with Crippen LogP contribution in [0.25, 0.3) is 0 Å². The maximum atomic E-state index is 13.7. The van der Waals surface area contributed by atoms with Gasteiger partial charge in [-0.05, 0) is 74.1 Å². The molecule has 0 bridgehead atoms. The number of alkyl halides is 3. The van der Waals surface area contributed by atoms with Crippen molar-refractivity contribution in [3.8, 4) is 0 Å². The molecular weight excluding hydrogens is 515 g/mol. The van der Waals surface area contributed by atoms with Crippen molar-refractivity contribution in [3.05, 3.63) is 53.6 Å². The van der Waals surface area contributed by atoms with E-state index in [9.17, 15) is 30.0 Å². The summed E-state index contributed by atoms with van der Waals surface area (Å²) in [4.78, 5) is 2.21. The fourth-order valence-electron chi connectivity index (χ4n) is 4.98. The van der Waals surface area contributed by atoms with Crippen molar-refractivity contribution in [2.45, 2.75) is 68.4 Å². The van der Waals surface area contributed by atoms with E-state index in [1.165, 1.54) is 20.3 Å². The van der Waals surface area contributed by atoms with Crippen molar-refractivity contribution >= 4 is 31.4 Å². The van der Waals surface area contributed by atoms with Gasteiger partial charge < -0.3 is 4.90 Å². The third-order valence-electron chi connectivity index (χ3n) is 6.83. The van der Waals surface area contributed by atoms with Crippen LogP contribution in [0, 0.1) is 0 Å². The van der Waals surface area contributed by atoms with Crippen LogP contribution in [-0.2, 0) is 33.0 Å². The summed E-state index contributed by atoms with van der Waals surface area (Å²) < 4.78 is 91.0. The largest absolute Gasteiger partial charge is 0.516 e. The molecule has 0 saturated heterocycles. The average Bonchev–Trinajstić information content (AvgIpc) is 3.35. The molecule has 0 aromatic heterocycles. The third-order valence-corrected chi connectivity index (χ3v) is 9.86. The first-order chi connectivity index (χ1) is 16.9. The minimum atomic E-state index is -5.60. The first kappa shape index (κ1) is 26.7. The van der Waals surface area contributed by atoms with Gasteiger partial charge in [0.2, 0.25) is 10.0 Å². The molecule has 1 N–H and O–H groups in total. The van der Waals surface area contributed by atoms with Crippen molar-refractivity contribution in [1.82, 2.24) is 4.31 Å². The van der Waals surface area contributed by atoms with Gasteiger partial charge >= 0.3 is 15.5 Å². The molecule has 0 amide bonds. The number of benzene rings is 2. The highest BCUT2D eigenvalue weighted by atomic mass is 32.2. The lowest BCUT2D eigenvalue weighted by Crippen LogP contribution is -2.38. The Morgan fingerprint density at radius 3 is 2.28 bits per heavy atom. The molecule has 36 heavy (non-hydrogen) atoms. The molecular formula is C24H30F3N3O4S2. The van der Waals surface area contributed by atoms with Crippen LogP contribution in [0.5, 0.6) is 0 Å². The van der Waals surface area contributed by atoms with Gasteiger partial charge in [-0.25, -0.2) is 8.42 Å². The van der Waals surface area contributed by atoms with E-state index in [2.05, 4.69) is 17.9 Å². The summed E-state index contributed by atoms with van der Waals surface area (Å²) >= 11 is 0. The Morgan fingerprint density at radius 1 is 1.00 bits per heavy atom. The molecule has 198 valence electrons. The second-order valence-corrected chi connectivity index (χ2v) is 12.8. The Kier molecular flexibility index (Phi) is 7.59. The summed E-state index contributed by atoms with van der Waals surface area (Å²) in [7, 11) is -9.58. The van der Waals surface area contributed by atoms with E-state index >= 15 is 0 Å². The summed E-state index contributed by atoms with van der Waals surface area (Å²) in [5, 5.41) is 0. The molecule has 1 fully saturated rings. The number of hydrogen-bond donors (Lipinski definition) is 1. The van der Waals surface area contributed by atoms with Crippen LogP contribution in [0.2, 0.25) is 0 Å². The van der Waals surface area contributed by atoms with Crippen molar-refractivity contribution in [2.75, 3.05) is 22.7 Å². The van der Waals surface area contributed by atoms with Crippen molar-refractivity contribution in [2.24, 2.45) is 0 Å². The smallest absolute Gasteiger partial charge is 0.372 e. The molecule has 1 heterocycles. The zero-order valence-corrected chi connectivity index (χ0v) is 21.6. The van der Waals surface area contributed by atoms with Crippen LogP contribution >= 0.6 is 0 Å². The summed E-state index contributed by atoms with van der Waals surface area (Å²) in [5.74, 6) is 0. The molecule has 2 aliphatic rings. The minimum absolute atomic E-state index is 0.0977. The highest BCUT2D eigenvalue weighted by molar-refractivity contribution is 7.93. The fourth-order valence-corrected chi connectivity index (χ4v) is 7.22. The van der Waals surface area contributed by atoms with Gasteiger partial charge in [-0.1, -0.05) is 25.0 Å². The Bertz CT molecular complexity index is 1290. The van der Waals surface area contributed by atoms with Crippen LogP contribution < -0.4 is 9.62 Å². The van der Waals surface area contributed by atoms with Crippen LogP contribution in [0.4, 0.5) is 24.5 Å². The monoisotopic (exact) mass is 545 g/mol. The first-order valence-electron chi connectivity index (χ1n) is 12.0. The number of anilines is 2. The van der Waals surface area contributed by atoms with Gasteiger partial charge in [0.05, 0.1) is 4.90 Å². The van der Waals surface area contributed by atoms with Gasteiger partial charge in [0.1, 0.15) is 0 Å². The summed E-state index contributed by atoms with van der Waals surface area (Å²) in [6, 6.07) is 10.2. The summed E-state index contributed by atoms with van der Waals surface area (Å²) in [6.45, 7) is 4.20. The molecule has 0 atom stereocenters. The van der Waals surface area contributed by atoms with Crippen LogP contribution in [0.15, 0.2) is 47.4 Å². The molecule has 0 spiro atoms. The van der Waals surface area contributed by atoms with E-state index in [0.717, 1.165) is 81.4 Å². The zero-order valence-electron chi connectivity index (χ0n) is 20.0. The second kappa shape index (κ2) is 10.2. The number of nitrogens with one attached hydrogen (secondary N) is 1. The van der Waals surface area contributed by atoms with Gasteiger partial charge in [-0.2, -0.15) is 25.9 Å². The molecule has 7 nitrogen and oxygen atoms in total. The summed E-state index contributed by atoms with van der Waals surface area (Å²) in [6.07, 6.45) is 5.29. The van der Waals surface area contributed by atoms with E-state index < -0.39 is 25.6 Å². The lowest BCUT2D eigenvalue weighted by atomic mass is 9.99. The highest BCUT2D eigenvalue weighted by Gasteiger charge is 2.46. The van der Waals surface area contributed by atoms with Gasteiger partial charge in [0.25, 0.3) is 0 Å². The predicted octanol–water partition coefficient (Wildman–Crippen LogP) is 4.85. The molecule has 4 rings (SSSR count).